The zero-order valence-corrected chi connectivity index (χ0v) is 18.5. The molecule has 0 unspecified atom stereocenters. The molecule has 0 bridgehead atoms. The Morgan fingerprint density at radius 3 is 2.29 bits per heavy atom. The molecule has 5 nitrogen and oxygen atoms in total. The molecule has 0 aliphatic rings. The molecule has 0 aliphatic carbocycles. The van der Waals surface area contributed by atoms with Crippen LogP contribution in [0.2, 0.25) is 0 Å². The van der Waals surface area contributed by atoms with Crippen LogP contribution in [0.5, 0.6) is 0 Å². The number of rotatable bonds is 9. The summed E-state index contributed by atoms with van der Waals surface area (Å²) < 4.78 is 26.8. The van der Waals surface area contributed by atoms with E-state index in [1.54, 1.807) is 30.0 Å². The zero-order valence-electron chi connectivity index (χ0n) is 16.9. The summed E-state index contributed by atoms with van der Waals surface area (Å²) in [6, 6.07) is 13.1. The molecular formula is C21H28N2O3S2. The standard InChI is InChI=1S/C21H28N2O3S2/c1-5-23(6-2)28(25,26)19-12-9-17(4)20(15-19)22-21(24)13-14-27-18-10-7-16(3)8-11-18/h7-12,15H,5-6,13-14H2,1-4H3,(H,22,24). The van der Waals surface area contributed by atoms with Crippen molar-refractivity contribution in [1.29, 1.82) is 0 Å². The number of hydrogen-bond acceptors (Lipinski definition) is 4. The van der Waals surface area contributed by atoms with Crippen molar-refractivity contribution < 1.29 is 13.2 Å². The van der Waals surface area contributed by atoms with Crippen LogP contribution in [0.1, 0.15) is 31.4 Å². The van der Waals surface area contributed by atoms with Gasteiger partial charge < -0.3 is 5.32 Å². The molecule has 0 atom stereocenters. The van der Waals surface area contributed by atoms with E-state index < -0.39 is 10.0 Å². The second kappa shape index (κ2) is 10.1. The molecule has 0 aromatic heterocycles. The molecule has 2 aromatic carbocycles. The quantitative estimate of drug-likeness (QED) is 0.609. The van der Waals surface area contributed by atoms with Gasteiger partial charge in [-0.2, -0.15) is 4.31 Å². The van der Waals surface area contributed by atoms with E-state index in [0.717, 1.165) is 10.5 Å². The van der Waals surface area contributed by atoms with Gasteiger partial charge in [0.15, 0.2) is 0 Å². The predicted molar refractivity (Wildman–Crippen MR) is 116 cm³/mol. The lowest BCUT2D eigenvalue weighted by Crippen LogP contribution is -2.30. The summed E-state index contributed by atoms with van der Waals surface area (Å²) in [6.45, 7) is 8.33. The van der Waals surface area contributed by atoms with Gasteiger partial charge in [-0.25, -0.2) is 8.42 Å². The van der Waals surface area contributed by atoms with Gasteiger partial charge >= 0.3 is 0 Å². The molecule has 0 heterocycles. The minimum atomic E-state index is -3.55. The van der Waals surface area contributed by atoms with Crippen molar-refractivity contribution in [3.8, 4) is 0 Å². The third-order valence-corrected chi connectivity index (χ3v) is 7.50. The number of aryl methyl sites for hydroxylation is 2. The lowest BCUT2D eigenvalue weighted by Gasteiger charge is -2.19. The highest BCUT2D eigenvalue weighted by atomic mass is 32.2. The molecule has 0 saturated carbocycles. The second-order valence-electron chi connectivity index (χ2n) is 6.53. The summed E-state index contributed by atoms with van der Waals surface area (Å²) >= 11 is 1.63. The van der Waals surface area contributed by atoms with E-state index in [4.69, 9.17) is 0 Å². The summed E-state index contributed by atoms with van der Waals surface area (Å²) in [5, 5.41) is 2.86. The van der Waals surface area contributed by atoms with Crippen LogP contribution in [0.25, 0.3) is 0 Å². The summed E-state index contributed by atoms with van der Waals surface area (Å²) in [5.41, 5.74) is 2.58. The highest BCUT2D eigenvalue weighted by molar-refractivity contribution is 7.99. The van der Waals surface area contributed by atoms with Crippen LogP contribution in [0.3, 0.4) is 0 Å². The Morgan fingerprint density at radius 2 is 1.68 bits per heavy atom. The van der Waals surface area contributed by atoms with Crippen LogP contribution in [-0.4, -0.2) is 37.5 Å². The molecule has 0 spiro atoms. The van der Waals surface area contributed by atoms with Gasteiger partial charge in [0.25, 0.3) is 0 Å². The van der Waals surface area contributed by atoms with E-state index in [-0.39, 0.29) is 10.8 Å². The van der Waals surface area contributed by atoms with Crippen LogP contribution in [-0.2, 0) is 14.8 Å². The second-order valence-corrected chi connectivity index (χ2v) is 9.63. The molecular weight excluding hydrogens is 392 g/mol. The Labute approximate surface area is 172 Å². The molecule has 0 radical (unpaired) electrons. The van der Waals surface area contributed by atoms with Gasteiger partial charge in [0.05, 0.1) is 4.90 Å². The fourth-order valence-corrected chi connectivity index (χ4v) is 5.05. The molecule has 0 aliphatic heterocycles. The van der Waals surface area contributed by atoms with Crippen molar-refractivity contribution in [2.24, 2.45) is 0 Å². The van der Waals surface area contributed by atoms with Gasteiger partial charge in [0.2, 0.25) is 15.9 Å². The van der Waals surface area contributed by atoms with Crippen LogP contribution in [0.15, 0.2) is 52.3 Å². The van der Waals surface area contributed by atoms with Crippen LogP contribution in [0.4, 0.5) is 5.69 Å². The van der Waals surface area contributed by atoms with E-state index in [1.807, 2.05) is 52.0 Å². The van der Waals surface area contributed by atoms with Gasteiger partial charge in [-0.15, -0.1) is 11.8 Å². The minimum Gasteiger partial charge on any atom is -0.326 e. The van der Waals surface area contributed by atoms with Gasteiger partial charge in [-0.1, -0.05) is 37.6 Å². The summed E-state index contributed by atoms with van der Waals surface area (Å²) in [5.74, 6) is 0.533. The SMILES string of the molecule is CCN(CC)S(=O)(=O)c1ccc(C)c(NC(=O)CCSc2ccc(C)cc2)c1. The number of nitrogens with one attached hydrogen (secondary N) is 1. The first kappa shape index (κ1) is 22.5. The van der Waals surface area contributed by atoms with Crippen molar-refractivity contribution in [3.63, 3.8) is 0 Å². The zero-order chi connectivity index (χ0) is 20.7. The number of benzene rings is 2. The molecule has 7 heteroatoms. The van der Waals surface area contributed by atoms with Gasteiger partial charge in [0, 0.05) is 35.8 Å². The molecule has 0 fully saturated rings. The summed E-state index contributed by atoms with van der Waals surface area (Å²) in [4.78, 5) is 13.7. The fourth-order valence-electron chi connectivity index (χ4n) is 2.72. The number of nitrogens with zero attached hydrogens (tertiary/aromatic N) is 1. The average molecular weight is 421 g/mol. The van der Waals surface area contributed by atoms with Gasteiger partial charge in [-0.05, 0) is 43.7 Å². The maximum absolute atomic E-state index is 12.7. The highest BCUT2D eigenvalue weighted by Crippen LogP contribution is 2.24. The first-order valence-corrected chi connectivity index (χ1v) is 11.8. The smallest absolute Gasteiger partial charge is 0.243 e. The molecule has 1 amide bonds. The van der Waals surface area contributed by atoms with E-state index in [9.17, 15) is 13.2 Å². The van der Waals surface area contributed by atoms with Crippen LogP contribution < -0.4 is 5.32 Å². The number of sulfonamides is 1. The van der Waals surface area contributed by atoms with Crippen molar-refractivity contribution in [2.75, 3.05) is 24.2 Å². The van der Waals surface area contributed by atoms with Gasteiger partial charge in [-0.3, -0.25) is 4.79 Å². The van der Waals surface area contributed by atoms with Crippen LogP contribution >= 0.6 is 11.8 Å². The number of carbonyl (C=O) groups is 1. The number of hydrogen-bond donors (Lipinski definition) is 1. The van der Waals surface area contributed by atoms with Crippen molar-refractivity contribution in [1.82, 2.24) is 4.31 Å². The Morgan fingerprint density at radius 1 is 1.04 bits per heavy atom. The van der Waals surface area contributed by atoms with E-state index >= 15 is 0 Å². The van der Waals surface area contributed by atoms with E-state index in [2.05, 4.69) is 5.32 Å². The summed E-state index contributed by atoms with van der Waals surface area (Å²) in [6.07, 6.45) is 0.352. The molecule has 28 heavy (non-hydrogen) atoms. The lowest BCUT2D eigenvalue weighted by atomic mass is 10.2. The van der Waals surface area contributed by atoms with Crippen LogP contribution in [0, 0.1) is 13.8 Å². The van der Waals surface area contributed by atoms with E-state index in [1.165, 1.54) is 9.87 Å². The topological polar surface area (TPSA) is 66.5 Å². The largest absolute Gasteiger partial charge is 0.326 e. The molecule has 0 saturated heterocycles. The first-order valence-electron chi connectivity index (χ1n) is 9.38. The normalized spacial score (nSPS) is 11.6. The maximum atomic E-state index is 12.7. The maximum Gasteiger partial charge on any atom is 0.243 e. The number of anilines is 1. The van der Waals surface area contributed by atoms with Crippen molar-refractivity contribution in [3.05, 3.63) is 53.6 Å². The minimum absolute atomic E-state index is 0.125. The van der Waals surface area contributed by atoms with Crippen molar-refractivity contribution >= 4 is 33.4 Å². The first-order chi connectivity index (χ1) is 13.3. The molecule has 2 rings (SSSR count). The van der Waals surface area contributed by atoms with E-state index in [0.29, 0.717) is 31.0 Å². The van der Waals surface area contributed by atoms with Crippen molar-refractivity contribution in [2.45, 2.75) is 43.9 Å². The lowest BCUT2D eigenvalue weighted by molar-refractivity contribution is -0.115. The Hall–Kier alpha value is -1.83. The number of thioether (sulfide) groups is 1. The number of carbonyl (C=O) groups excluding carboxylic acids is 1. The van der Waals surface area contributed by atoms with Gasteiger partial charge in [0.1, 0.15) is 0 Å². The monoisotopic (exact) mass is 420 g/mol. The third kappa shape index (κ3) is 5.83. The Balaban J connectivity index is 2.02. The highest BCUT2D eigenvalue weighted by Gasteiger charge is 2.22. The predicted octanol–water partition coefficient (Wildman–Crippen LogP) is 4.45. The fraction of sp³-hybridized carbons (Fsp3) is 0.381. The summed E-state index contributed by atoms with van der Waals surface area (Å²) in [7, 11) is -3.55. The average Bonchev–Trinajstić information content (AvgIpc) is 2.66. The molecule has 152 valence electrons. The Bertz CT molecular complexity index is 906. The number of amides is 1. The third-order valence-electron chi connectivity index (χ3n) is 4.45. The Kier molecular flexibility index (Phi) is 8.10. The molecule has 1 N–H and O–H groups in total. The molecule has 2 aromatic rings.